The number of ketones is 1. The number of hydrogen-bond acceptors (Lipinski definition) is 4. The van der Waals surface area contributed by atoms with Gasteiger partial charge in [-0.25, -0.2) is 0 Å². The maximum Gasteiger partial charge on any atom is 0.185 e. The van der Waals surface area contributed by atoms with Crippen molar-refractivity contribution in [2.45, 2.75) is 26.7 Å². The summed E-state index contributed by atoms with van der Waals surface area (Å²) in [5.74, 6) is 0.804. The van der Waals surface area contributed by atoms with Gasteiger partial charge >= 0.3 is 0 Å². The molecule has 0 bridgehead atoms. The standard InChI is InChI=1S/C20H22O4/c1-4-13-12-15(20(24-3)17(5-2)19(13)23)8-11-18(22)14-6-9-16(21)10-7-14/h6-12,21,23H,4-5H2,1-3H3. The minimum atomic E-state index is -0.166. The Bertz CT molecular complexity index is 758. The second kappa shape index (κ2) is 7.68. The second-order valence-electron chi connectivity index (χ2n) is 5.44. The topological polar surface area (TPSA) is 66.8 Å². The first-order valence-corrected chi connectivity index (χ1v) is 7.94. The minimum Gasteiger partial charge on any atom is -0.508 e. The number of hydrogen-bond donors (Lipinski definition) is 2. The van der Waals surface area contributed by atoms with Gasteiger partial charge in [0.1, 0.15) is 17.2 Å². The number of methoxy groups -OCH3 is 1. The average Bonchev–Trinajstić information content (AvgIpc) is 2.60. The SMILES string of the molecule is CCc1cc(C=CC(=O)c2ccc(O)cc2)c(OC)c(CC)c1O. The van der Waals surface area contributed by atoms with Crippen LogP contribution < -0.4 is 4.74 Å². The van der Waals surface area contributed by atoms with Crippen molar-refractivity contribution in [2.75, 3.05) is 7.11 Å². The zero-order valence-corrected chi connectivity index (χ0v) is 14.2. The Morgan fingerprint density at radius 3 is 2.33 bits per heavy atom. The Balaban J connectivity index is 2.40. The number of allylic oxidation sites excluding steroid dienone is 1. The van der Waals surface area contributed by atoms with Crippen molar-refractivity contribution in [3.05, 3.63) is 58.7 Å². The summed E-state index contributed by atoms with van der Waals surface area (Å²) in [5.41, 5.74) is 2.82. The molecular formula is C20H22O4. The van der Waals surface area contributed by atoms with Gasteiger partial charge in [0, 0.05) is 16.7 Å². The molecule has 0 aliphatic rings. The first kappa shape index (κ1) is 17.6. The molecule has 0 aliphatic carbocycles. The molecule has 24 heavy (non-hydrogen) atoms. The van der Waals surface area contributed by atoms with Gasteiger partial charge in [-0.1, -0.05) is 13.8 Å². The van der Waals surface area contributed by atoms with E-state index in [1.165, 1.54) is 18.2 Å². The summed E-state index contributed by atoms with van der Waals surface area (Å²) in [6.45, 7) is 3.92. The molecule has 0 saturated carbocycles. The molecule has 0 aliphatic heterocycles. The Morgan fingerprint density at radius 2 is 1.79 bits per heavy atom. The largest absolute Gasteiger partial charge is 0.508 e. The van der Waals surface area contributed by atoms with Crippen LogP contribution in [-0.4, -0.2) is 23.1 Å². The summed E-state index contributed by atoms with van der Waals surface area (Å²) in [5, 5.41) is 19.6. The van der Waals surface area contributed by atoms with E-state index in [9.17, 15) is 15.0 Å². The molecule has 0 amide bonds. The number of carbonyl (C=O) groups is 1. The van der Waals surface area contributed by atoms with Crippen molar-refractivity contribution in [2.24, 2.45) is 0 Å². The molecule has 0 atom stereocenters. The van der Waals surface area contributed by atoms with Crippen molar-refractivity contribution < 1.29 is 19.7 Å². The molecule has 126 valence electrons. The van der Waals surface area contributed by atoms with Gasteiger partial charge in [0.25, 0.3) is 0 Å². The van der Waals surface area contributed by atoms with E-state index in [2.05, 4.69) is 0 Å². The monoisotopic (exact) mass is 326 g/mol. The van der Waals surface area contributed by atoms with Crippen molar-refractivity contribution >= 4 is 11.9 Å². The summed E-state index contributed by atoms with van der Waals surface area (Å²) >= 11 is 0. The molecule has 0 unspecified atom stereocenters. The van der Waals surface area contributed by atoms with Crippen LogP contribution in [0.15, 0.2) is 36.4 Å². The number of carbonyl (C=O) groups excluding carboxylic acids is 1. The number of aryl methyl sites for hydroxylation is 1. The molecule has 0 fully saturated rings. The highest BCUT2D eigenvalue weighted by atomic mass is 16.5. The van der Waals surface area contributed by atoms with Gasteiger partial charge in [-0.15, -0.1) is 0 Å². The van der Waals surface area contributed by atoms with Gasteiger partial charge < -0.3 is 14.9 Å². The van der Waals surface area contributed by atoms with Crippen molar-refractivity contribution in [3.8, 4) is 17.2 Å². The number of ether oxygens (including phenoxy) is 1. The number of rotatable bonds is 6. The van der Waals surface area contributed by atoms with Gasteiger partial charge in [0.05, 0.1) is 7.11 Å². The summed E-state index contributed by atoms with van der Waals surface area (Å²) in [7, 11) is 1.55. The number of phenols is 2. The van der Waals surface area contributed by atoms with E-state index >= 15 is 0 Å². The van der Waals surface area contributed by atoms with E-state index < -0.39 is 0 Å². The molecular weight excluding hydrogens is 304 g/mol. The highest BCUT2D eigenvalue weighted by Crippen LogP contribution is 2.36. The van der Waals surface area contributed by atoms with Crippen LogP contribution in [-0.2, 0) is 12.8 Å². The minimum absolute atomic E-state index is 0.121. The molecule has 0 heterocycles. The summed E-state index contributed by atoms with van der Waals surface area (Å²) in [6.07, 6.45) is 4.50. The molecule has 2 N–H and O–H groups in total. The van der Waals surface area contributed by atoms with E-state index in [-0.39, 0.29) is 17.3 Å². The van der Waals surface area contributed by atoms with E-state index in [1.807, 2.05) is 19.9 Å². The predicted octanol–water partition coefficient (Wildman–Crippen LogP) is 4.13. The lowest BCUT2D eigenvalue weighted by molar-refractivity contribution is 0.104. The lowest BCUT2D eigenvalue weighted by Gasteiger charge is -2.15. The van der Waals surface area contributed by atoms with Crippen LogP contribution in [0, 0.1) is 0 Å². The van der Waals surface area contributed by atoms with E-state index in [0.717, 1.165) is 16.7 Å². The van der Waals surface area contributed by atoms with Crippen molar-refractivity contribution in [1.29, 1.82) is 0 Å². The smallest absolute Gasteiger partial charge is 0.185 e. The third-order valence-electron chi connectivity index (χ3n) is 3.96. The van der Waals surface area contributed by atoms with Crippen LogP contribution in [0.2, 0.25) is 0 Å². The van der Waals surface area contributed by atoms with Gasteiger partial charge in [-0.2, -0.15) is 0 Å². The summed E-state index contributed by atoms with van der Waals surface area (Å²) < 4.78 is 5.45. The molecule has 0 spiro atoms. The van der Waals surface area contributed by atoms with Gasteiger partial charge in [0.15, 0.2) is 5.78 Å². The van der Waals surface area contributed by atoms with E-state index in [0.29, 0.717) is 24.2 Å². The number of benzene rings is 2. The molecule has 4 heteroatoms. The van der Waals surface area contributed by atoms with Crippen LogP contribution in [0.25, 0.3) is 6.08 Å². The fourth-order valence-corrected chi connectivity index (χ4v) is 2.65. The first-order valence-electron chi connectivity index (χ1n) is 7.94. The second-order valence-corrected chi connectivity index (χ2v) is 5.44. The Labute approximate surface area is 142 Å². The first-order chi connectivity index (χ1) is 11.5. The quantitative estimate of drug-likeness (QED) is 0.619. The fourth-order valence-electron chi connectivity index (χ4n) is 2.65. The van der Waals surface area contributed by atoms with Crippen LogP contribution in [0.5, 0.6) is 17.2 Å². The van der Waals surface area contributed by atoms with Gasteiger partial charge in [-0.05, 0) is 60.9 Å². The van der Waals surface area contributed by atoms with Gasteiger partial charge in [-0.3, -0.25) is 4.79 Å². The molecule has 2 aromatic carbocycles. The lowest BCUT2D eigenvalue weighted by atomic mass is 9.98. The Hall–Kier alpha value is -2.75. The maximum atomic E-state index is 12.2. The van der Waals surface area contributed by atoms with E-state index in [4.69, 9.17) is 4.74 Å². The fraction of sp³-hybridized carbons (Fsp3) is 0.250. The molecule has 2 aromatic rings. The summed E-state index contributed by atoms with van der Waals surface area (Å²) in [6, 6.07) is 7.95. The zero-order valence-electron chi connectivity index (χ0n) is 14.2. The summed E-state index contributed by atoms with van der Waals surface area (Å²) in [4.78, 5) is 12.2. The Morgan fingerprint density at radius 1 is 1.12 bits per heavy atom. The predicted molar refractivity (Wildman–Crippen MR) is 94.9 cm³/mol. The van der Waals surface area contributed by atoms with Gasteiger partial charge in [0.2, 0.25) is 0 Å². The highest BCUT2D eigenvalue weighted by molar-refractivity contribution is 6.07. The lowest BCUT2D eigenvalue weighted by Crippen LogP contribution is -1.99. The third kappa shape index (κ3) is 3.59. The van der Waals surface area contributed by atoms with Crippen molar-refractivity contribution in [1.82, 2.24) is 0 Å². The van der Waals surface area contributed by atoms with Crippen molar-refractivity contribution in [3.63, 3.8) is 0 Å². The molecule has 4 nitrogen and oxygen atoms in total. The number of phenolic OH excluding ortho intramolecular Hbond substituents is 2. The van der Waals surface area contributed by atoms with Crippen LogP contribution in [0.4, 0.5) is 0 Å². The Kier molecular flexibility index (Phi) is 5.64. The number of aromatic hydroxyl groups is 2. The van der Waals surface area contributed by atoms with Crippen LogP contribution >= 0.6 is 0 Å². The molecule has 2 rings (SSSR count). The van der Waals surface area contributed by atoms with Crippen LogP contribution in [0.1, 0.15) is 40.9 Å². The van der Waals surface area contributed by atoms with Crippen LogP contribution in [0.3, 0.4) is 0 Å². The third-order valence-corrected chi connectivity index (χ3v) is 3.96. The normalized spacial score (nSPS) is 11.0. The molecule has 0 saturated heterocycles. The average molecular weight is 326 g/mol. The molecule has 0 aromatic heterocycles. The van der Waals surface area contributed by atoms with E-state index in [1.54, 1.807) is 25.3 Å². The molecule has 0 radical (unpaired) electrons. The highest BCUT2D eigenvalue weighted by Gasteiger charge is 2.15. The zero-order chi connectivity index (χ0) is 17.7. The maximum absolute atomic E-state index is 12.2.